The number of hydrogen-bond donors (Lipinski definition) is 1. The lowest BCUT2D eigenvalue weighted by molar-refractivity contribution is -0.120. The second-order valence-electron chi connectivity index (χ2n) is 4.82. The van der Waals surface area contributed by atoms with Gasteiger partial charge in [0, 0.05) is 10.6 Å². The fraction of sp³-hybridized carbons (Fsp3) is 0.176. The van der Waals surface area contributed by atoms with Gasteiger partial charge in [0.25, 0.3) is 11.7 Å². The van der Waals surface area contributed by atoms with Crippen LogP contribution in [0.15, 0.2) is 58.6 Å². The third-order valence-electron chi connectivity index (χ3n) is 3.01. The molecular formula is C17H16F2N2O2S. The number of nitrogens with zero attached hydrogens (tertiary/aromatic N) is 1. The van der Waals surface area contributed by atoms with Gasteiger partial charge in [-0.1, -0.05) is 41.2 Å². The smallest absolute Gasteiger partial charge is 0.288 e. The minimum atomic E-state index is -2.47. The molecule has 0 aliphatic rings. The van der Waals surface area contributed by atoms with Crippen molar-refractivity contribution in [3.63, 3.8) is 0 Å². The molecule has 2 aromatic carbocycles. The minimum absolute atomic E-state index is 0.240. The Morgan fingerprint density at radius 2 is 1.96 bits per heavy atom. The molecule has 1 amide bonds. The maximum Gasteiger partial charge on any atom is 0.288 e. The van der Waals surface area contributed by atoms with E-state index in [1.807, 2.05) is 31.2 Å². The number of rotatable bonds is 7. The molecule has 0 unspecified atom stereocenters. The zero-order chi connectivity index (χ0) is 17.4. The van der Waals surface area contributed by atoms with Crippen LogP contribution < -0.4 is 5.32 Å². The van der Waals surface area contributed by atoms with E-state index in [0.29, 0.717) is 22.3 Å². The van der Waals surface area contributed by atoms with Crippen molar-refractivity contribution in [3.8, 4) is 0 Å². The average molecular weight is 350 g/mol. The van der Waals surface area contributed by atoms with Gasteiger partial charge in [-0.3, -0.25) is 4.79 Å². The minimum Gasteiger partial charge on any atom is -0.386 e. The van der Waals surface area contributed by atoms with Gasteiger partial charge in [-0.15, -0.1) is 0 Å². The Morgan fingerprint density at radius 1 is 1.25 bits per heavy atom. The lowest BCUT2D eigenvalue weighted by atomic mass is 10.1. The van der Waals surface area contributed by atoms with Crippen molar-refractivity contribution in [2.45, 2.75) is 17.6 Å². The van der Waals surface area contributed by atoms with Crippen molar-refractivity contribution >= 4 is 29.6 Å². The molecule has 0 heterocycles. The highest BCUT2D eigenvalue weighted by Crippen LogP contribution is 2.26. The Bertz CT molecular complexity index is 706. The predicted molar refractivity (Wildman–Crippen MR) is 91.7 cm³/mol. The maximum absolute atomic E-state index is 12.2. The highest BCUT2D eigenvalue weighted by molar-refractivity contribution is 7.99. The van der Waals surface area contributed by atoms with Gasteiger partial charge in [0.15, 0.2) is 6.61 Å². The van der Waals surface area contributed by atoms with E-state index in [-0.39, 0.29) is 12.5 Å². The molecule has 0 aromatic heterocycles. The van der Waals surface area contributed by atoms with Gasteiger partial charge in [0.05, 0.1) is 6.21 Å². The molecular weight excluding hydrogens is 334 g/mol. The van der Waals surface area contributed by atoms with Gasteiger partial charge < -0.3 is 10.2 Å². The summed E-state index contributed by atoms with van der Waals surface area (Å²) in [6.45, 7) is 1.71. The number of carbonyl (C=O) groups is 1. The van der Waals surface area contributed by atoms with Gasteiger partial charge in [-0.05, 0) is 42.3 Å². The fourth-order valence-corrected chi connectivity index (χ4v) is 2.34. The summed E-state index contributed by atoms with van der Waals surface area (Å²) in [5.41, 5.74) is 2.46. The third kappa shape index (κ3) is 6.00. The van der Waals surface area contributed by atoms with E-state index < -0.39 is 5.76 Å². The number of carbonyl (C=O) groups excluding carboxylic acids is 1. The number of nitrogens with one attached hydrogen (secondary N) is 1. The van der Waals surface area contributed by atoms with Gasteiger partial charge in [0.1, 0.15) is 0 Å². The SMILES string of the molecule is Cc1ccccc1/C=N/OCC(=O)Nc1ccc(SC(F)F)cc1. The maximum atomic E-state index is 12.2. The Balaban J connectivity index is 1.78. The summed E-state index contributed by atoms with van der Waals surface area (Å²) in [4.78, 5) is 17.1. The first-order chi connectivity index (χ1) is 11.5. The standard InChI is InChI=1S/C17H16F2N2O2S/c1-12-4-2-3-5-13(12)10-20-23-11-16(22)21-14-6-8-15(9-7-14)24-17(18)19/h2-10,17H,11H2,1H3,(H,21,22)/b20-10+. The number of amides is 1. The molecule has 0 atom stereocenters. The molecule has 2 rings (SSSR count). The molecule has 24 heavy (non-hydrogen) atoms. The van der Waals surface area contributed by atoms with Crippen LogP contribution in [0.25, 0.3) is 0 Å². The summed E-state index contributed by atoms with van der Waals surface area (Å²) in [6, 6.07) is 13.8. The number of benzene rings is 2. The van der Waals surface area contributed by atoms with Crippen LogP contribution in [0, 0.1) is 6.92 Å². The third-order valence-corrected chi connectivity index (χ3v) is 3.74. The molecule has 0 saturated carbocycles. The Hall–Kier alpha value is -2.41. The van der Waals surface area contributed by atoms with Crippen LogP contribution in [-0.2, 0) is 9.63 Å². The second-order valence-corrected chi connectivity index (χ2v) is 5.88. The highest BCUT2D eigenvalue weighted by atomic mass is 32.2. The number of thioether (sulfide) groups is 1. The van der Waals surface area contributed by atoms with Gasteiger partial charge in [0.2, 0.25) is 0 Å². The molecule has 0 fully saturated rings. The van der Waals surface area contributed by atoms with Crippen molar-refractivity contribution in [3.05, 3.63) is 59.7 Å². The predicted octanol–water partition coefficient (Wildman–Crippen LogP) is 4.30. The fourth-order valence-electron chi connectivity index (χ4n) is 1.84. The number of hydrogen-bond acceptors (Lipinski definition) is 4. The van der Waals surface area contributed by atoms with Crippen LogP contribution in [0.4, 0.5) is 14.5 Å². The summed E-state index contributed by atoms with van der Waals surface area (Å²) in [5, 5.41) is 6.36. The topological polar surface area (TPSA) is 50.7 Å². The molecule has 126 valence electrons. The molecule has 0 bridgehead atoms. The second kappa shape index (κ2) is 9.02. The first kappa shape index (κ1) is 17.9. The van der Waals surface area contributed by atoms with Gasteiger partial charge in [-0.25, -0.2) is 0 Å². The van der Waals surface area contributed by atoms with E-state index in [1.165, 1.54) is 12.1 Å². The number of halogens is 2. The van der Waals surface area contributed by atoms with E-state index in [2.05, 4.69) is 10.5 Å². The number of oxime groups is 1. The average Bonchev–Trinajstić information content (AvgIpc) is 2.54. The van der Waals surface area contributed by atoms with E-state index >= 15 is 0 Å². The molecule has 0 saturated heterocycles. The zero-order valence-electron chi connectivity index (χ0n) is 12.9. The van der Waals surface area contributed by atoms with Gasteiger partial charge in [-0.2, -0.15) is 8.78 Å². The number of anilines is 1. The molecule has 1 N–H and O–H groups in total. The molecule has 0 spiro atoms. The lowest BCUT2D eigenvalue weighted by Crippen LogP contribution is -2.16. The first-order valence-electron chi connectivity index (χ1n) is 7.10. The van der Waals surface area contributed by atoms with E-state index in [9.17, 15) is 13.6 Å². The summed E-state index contributed by atoms with van der Waals surface area (Å²) in [6.07, 6.45) is 1.54. The Kier molecular flexibility index (Phi) is 6.74. The van der Waals surface area contributed by atoms with E-state index in [4.69, 9.17) is 4.84 Å². The Labute approximate surface area is 142 Å². The van der Waals surface area contributed by atoms with Crippen LogP contribution in [0.3, 0.4) is 0 Å². The van der Waals surface area contributed by atoms with Crippen molar-refractivity contribution in [2.24, 2.45) is 5.16 Å². The number of alkyl halides is 2. The van der Waals surface area contributed by atoms with Crippen LogP contribution >= 0.6 is 11.8 Å². The molecule has 4 nitrogen and oxygen atoms in total. The summed E-state index contributed by atoms with van der Waals surface area (Å²) < 4.78 is 24.4. The summed E-state index contributed by atoms with van der Waals surface area (Å²) in [7, 11) is 0. The van der Waals surface area contributed by atoms with Gasteiger partial charge >= 0.3 is 0 Å². The zero-order valence-corrected chi connectivity index (χ0v) is 13.7. The van der Waals surface area contributed by atoms with E-state index in [0.717, 1.165) is 11.1 Å². The normalized spacial score (nSPS) is 11.0. The summed E-state index contributed by atoms with van der Waals surface area (Å²) in [5.74, 6) is -2.85. The van der Waals surface area contributed by atoms with Crippen LogP contribution in [0.1, 0.15) is 11.1 Å². The van der Waals surface area contributed by atoms with Crippen molar-refractivity contribution in [1.29, 1.82) is 0 Å². The molecule has 0 aliphatic carbocycles. The Morgan fingerprint density at radius 3 is 2.62 bits per heavy atom. The molecule has 7 heteroatoms. The quantitative estimate of drug-likeness (QED) is 0.460. The van der Waals surface area contributed by atoms with Crippen molar-refractivity contribution < 1.29 is 18.4 Å². The van der Waals surface area contributed by atoms with Crippen LogP contribution in [0.5, 0.6) is 0 Å². The molecule has 0 radical (unpaired) electrons. The van der Waals surface area contributed by atoms with E-state index in [1.54, 1.807) is 18.3 Å². The summed E-state index contributed by atoms with van der Waals surface area (Å²) >= 11 is 0.452. The monoisotopic (exact) mass is 350 g/mol. The molecule has 0 aliphatic heterocycles. The number of aryl methyl sites for hydroxylation is 1. The largest absolute Gasteiger partial charge is 0.386 e. The van der Waals surface area contributed by atoms with Crippen molar-refractivity contribution in [1.82, 2.24) is 0 Å². The first-order valence-corrected chi connectivity index (χ1v) is 7.98. The molecule has 2 aromatic rings. The van der Waals surface area contributed by atoms with Crippen LogP contribution in [0.2, 0.25) is 0 Å². The lowest BCUT2D eigenvalue weighted by Gasteiger charge is -2.05. The van der Waals surface area contributed by atoms with Crippen molar-refractivity contribution in [2.75, 3.05) is 11.9 Å². The highest BCUT2D eigenvalue weighted by Gasteiger charge is 2.06. The van der Waals surface area contributed by atoms with Crippen LogP contribution in [-0.4, -0.2) is 24.5 Å².